The van der Waals surface area contributed by atoms with Gasteiger partial charge < -0.3 is 39.4 Å². The Balaban J connectivity index is 2.29. The fourth-order valence-corrected chi connectivity index (χ4v) is 6.61. The highest BCUT2D eigenvalue weighted by molar-refractivity contribution is 5.69. The fraction of sp³-hybridized carbons (Fsp3) is 0.809. The van der Waals surface area contributed by atoms with E-state index in [1.54, 1.807) is 0 Å². The van der Waals surface area contributed by atoms with E-state index in [4.69, 9.17) is 18.9 Å². The summed E-state index contributed by atoms with van der Waals surface area (Å²) in [5.41, 5.74) is 0. The minimum atomic E-state index is -1.54. The van der Waals surface area contributed by atoms with Crippen molar-refractivity contribution in [3.8, 4) is 0 Å². The molecular formula is C47H84O9. The lowest BCUT2D eigenvalue weighted by molar-refractivity contribution is -0.305. The van der Waals surface area contributed by atoms with E-state index in [-0.39, 0.29) is 19.2 Å². The van der Waals surface area contributed by atoms with Crippen molar-refractivity contribution in [1.29, 1.82) is 0 Å². The van der Waals surface area contributed by atoms with Gasteiger partial charge >= 0.3 is 5.97 Å². The third-order valence-electron chi connectivity index (χ3n) is 10.2. The molecule has 0 radical (unpaired) electrons. The van der Waals surface area contributed by atoms with Gasteiger partial charge in [-0.25, -0.2) is 0 Å². The molecule has 1 rings (SSSR count). The Labute approximate surface area is 342 Å². The van der Waals surface area contributed by atoms with Gasteiger partial charge in [-0.15, -0.1) is 0 Å². The van der Waals surface area contributed by atoms with Gasteiger partial charge in [-0.05, 0) is 77.0 Å². The smallest absolute Gasteiger partial charge is 0.306 e. The van der Waals surface area contributed by atoms with E-state index in [0.29, 0.717) is 13.0 Å². The highest BCUT2D eigenvalue weighted by atomic mass is 16.7. The van der Waals surface area contributed by atoms with E-state index in [1.165, 1.54) is 83.5 Å². The van der Waals surface area contributed by atoms with Crippen molar-refractivity contribution < 1.29 is 44.2 Å². The first-order valence-corrected chi connectivity index (χ1v) is 22.7. The van der Waals surface area contributed by atoms with Crippen LogP contribution in [0.3, 0.4) is 0 Å². The van der Waals surface area contributed by atoms with Crippen molar-refractivity contribution in [3.63, 3.8) is 0 Å². The number of aliphatic hydroxyl groups excluding tert-OH is 4. The van der Waals surface area contributed by atoms with Gasteiger partial charge in [0.2, 0.25) is 0 Å². The number of ether oxygens (including phenoxy) is 4. The van der Waals surface area contributed by atoms with E-state index >= 15 is 0 Å². The molecule has 1 heterocycles. The molecule has 1 saturated heterocycles. The third-order valence-corrected chi connectivity index (χ3v) is 10.2. The SMILES string of the molecule is CCCCCC/C=C\C/C=C\CCCCCCCCOCC(COC1OC(CO)C(O)C(O)C1O)OC(=O)CCCCCCC/C=C\C/C=C\CCCCCC. The second-order valence-electron chi connectivity index (χ2n) is 15.5. The summed E-state index contributed by atoms with van der Waals surface area (Å²) in [6.45, 7) is 4.48. The molecule has 9 heteroatoms. The molecule has 6 unspecified atom stereocenters. The number of aliphatic hydroxyl groups is 4. The molecule has 0 bridgehead atoms. The number of allylic oxidation sites excluding steroid dienone is 8. The van der Waals surface area contributed by atoms with Gasteiger partial charge in [0.15, 0.2) is 6.29 Å². The summed E-state index contributed by atoms with van der Waals surface area (Å²) in [5, 5.41) is 40.1. The largest absolute Gasteiger partial charge is 0.457 e. The van der Waals surface area contributed by atoms with Crippen molar-refractivity contribution in [2.45, 2.75) is 218 Å². The van der Waals surface area contributed by atoms with Crippen LogP contribution in [0.2, 0.25) is 0 Å². The quantitative estimate of drug-likeness (QED) is 0.0274. The second kappa shape index (κ2) is 38.7. The number of hydrogen-bond donors (Lipinski definition) is 4. The monoisotopic (exact) mass is 793 g/mol. The van der Waals surface area contributed by atoms with Crippen LogP contribution in [0.15, 0.2) is 48.6 Å². The Hall–Kier alpha value is -1.85. The number of carbonyl (C=O) groups excluding carboxylic acids is 1. The van der Waals surface area contributed by atoms with Crippen LogP contribution in [-0.2, 0) is 23.7 Å². The molecule has 1 aliphatic heterocycles. The topological polar surface area (TPSA) is 135 Å². The maximum absolute atomic E-state index is 12.8. The summed E-state index contributed by atoms with van der Waals surface area (Å²) >= 11 is 0. The standard InChI is InChI=1S/C47H84O9/c1-3-5-7-9-11-13-15-17-19-21-23-25-27-29-31-33-35-37-53-39-41(40-54-47-46(52)45(51)44(50)42(38-48)56-47)55-43(49)36-34-32-30-28-26-24-22-20-18-16-14-12-10-8-6-4-2/h13-16,19-22,41-42,44-48,50-52H,3-12,17-18,23-40H2,1-2H3/b15-13-,16-14-,21-19-,22-20-. The van der Waals surface area contributed by atoms with Crippen LogP contribution >= 0.6 is 0 Å². The Morgan fingerprint density at radius 2 is 1.04 bits per heavy atom. The Morgan fingerprint density at radius 3 is 1.54 bits per heavy atom. The van der Waals surface area contributed by atoms with Crippen molar-refractivity contribution in [2.24, 2.45) is 0 Å². The van der Waals surface area contributed by atoms with Crippen LogP contribution in [0, 0.1) is 0 Å². The van der Waals surface area contributed by atoms with Gasteiger partial charge in [0.05, 0.1) is 19.8 Å². The molecule has 0 aliphatic carbocycles. The first-order chi connectivity index (χ1) is 27.4. The molecule has 0 aromatic heterocycles. The first-order valence-electron chi connectivity index (χ1n) is 22.7. The lowest BCUT2D eigenvalue weighted by Crippen LogP contribution is -2.59. The predicted molar refractivity (Wildman–Crippen MR) is 228 cm³/mol. The zero-order valence-electron chi connectivity index (χ0n) is 35.6. The number of hydrogen-bond acceptors (Lipinski definition) is 9. The van der Waals surface area contributed by atoms with Crippen LogP contribution in [0.1, 0.15) is 181 Å². The summed E-state index contributed by atoms with van der Waals surface area (Å²) < 4.78 is 22.8. The van der Waals surface area contributed by atoms with E-state index in [1.807, 2.05) is 0 Å². The number of unbranched alkanes of at least 4 members (excludes halogenated alkanes) is 19. The van der Waals surface area contributed by atoms with Gasteiger partial charge in [-0.3, -0.25) is 4.79 Å². The lowest BCUT2D eigenvalue weighted by Gasteiger charge is -2.39. The summed E-state index contributed by atoms with van der Waals surface area (Å²) in [6.07, 6.45) is 39.9. The van der Waals surface area contributed by atoms with Crippen LogP contribution in [-0.4, -0.2) is 89.6 Å². The van der Waals surface area contributed by atoms with Crippen LogP contribution in [0.25, 0.3) is 0 Å². The summed E-state index contributed by atoms with van der Waals surface area (Å²) in [5.74, 6) is -0.332. The predicted octanol–water partition coefficient (Wildman–Crippen LogP) is 10.1. The van der Waals surface area contributed by atoms with Gasteiger partial charge in [0.25, 0.3) is 0 Å². The normalized spacial score (nSPS) is 21.0. The first kappa shape index (κ1) is 52.2. The maximum atomic E-state index is 12.8. The van der Waals surface area contributed by atoms with Gasteiger partial charge in [-0.1, -0.05) is 146 Å². The van der Waals surface area contributed by atoms with Crippen LogP contribution in [0.5, 0.6) is 0 Å². The highest BCUT2D eigenvalue weighted by Crippen LogP contribution is 2.22. The average Bonchev–Trinajstić information content (AvgIpc) is 3.20. The highest BCUT2D eigenvalue weighted by Gasteiger charge is 2.44. The Morgan fingerprint density at radius 1 is 0.571 bits per heavy atom. The van der Waals surface area contributed by atoms with E-state index in [9.17, 15) is 25.2 Å². The molecule has 326 valence electrons. The summed E-state index contributed by atoms with van der Waals surface area (Å²) in [6, 6.07) is 0. The third kappa shape index (κ3) is 29.4. The van der Waals surface area contributed by atoms with E-state index in [2.05, 4.69) is 62.5 Å². The van der Waals surface area contributed by atoms with Crippen molar-refractivity contribution in [1.82, 2.24) is 0 Å². The number of carbonyl (C=O) groups is 1. The molecule has 1 fully saturated rings. The van der Waals surface area contributed by atoms with Crippen LogP contribution in [0.4, 0.5) is 0 Å². The minimum absolute atomic E-state index is 0.125. The average molecular weight is 793 g/mol. The van der Waals surface area contributed by atoms with Crippen LogP contribution < -0.4 is 0 Å². The zero-order valence-corrected chi connectivity index (χ0v) is 35.6. The van der Waals surface area contributed by atoms with E-state index < -0.39 is 43.4 Å². The number of esters is 1. The van der Waals surface area contributed by atoms with Crippen molar-refractivity contribution in [2.75, 3.05) is 26.4 Å². The number of rotatable bonds is 38. The molecule has 0 aromatic rings. The lowest BCUT2D eigenvalue weighted by atomic mass is 9.99. The van der Waals surface area contributed by atoms with E-state index in [0.717, 1.165) is 77.0 Å². The molecule has 1 aliphatic rings. The molecule has 4 N–H and O–H groups in total. The second-order valence-corrected chi connectivity index (χ2v) is 15.5. The molecule has 6 atom stereocenters. The molecule has 0 aromatic carbocycles. The minimum Gasteiger partial charge on any atom is -0.457 e. The molecule has 56 heavy (non-hydrogen) atoms. The van der Waals surface area contributed by atoms with Crippen molar-refractivity contribution >= 4 is 5.97 Å². The van der Waals surface area contributed by atoms with Gasteiger partial charge in [0, 0.05) is 13.0 Å². The maximum Gasteiger partial charge on any atom is 0.306 e. The summed E-state index contributed by atoms with van der Waals surface area (Å²) in [4.78, 5) is 12.8. The van der Waals surface area contributed by atoms with Gasteiger partial charge in [0.1, 0.15) is 30.5 Å². The molecule has 0 spiro atoms. The van der Waals surface area contributed by atoms with Gasteiger partial charge in [-0.2, -0.15) is 0 Å². The molecule has 0 amide bonds. The zero-order chi connectivity index (χ0) is 40.7. The van der Waals surface area contributed by atoms with Crippen molar-refractivity contribution in [3.05, 3.63) is 48.6 Å². The Bertz CT molecular complexity index is 994. The summed E-state index contributed by atoms with van der Waals surface area (Å²) in [7, 11) is 0. The molecule has 0 saturated carbocycles. The Kier molecular flexibility index (Phi) is 36.0. The fourth-order valence-electron chi connectivity index (χ4n) is 6.61. The molecular weight excluding hydrogens is 709 g/mol. The molecule has 9 nitrogen and oxygen atoms in total.